The highest BCUT2D eigenvalue weighted by molar-refractivity contribution is 9.10. The number of aromatic nitrogens is 3. The van der Waals surface area contributed by atoms with Gasteiger partial charge in [0.15, 0.2) is 0 Å². The SMILES string of the molecule is C[C@@]1(Cn2ccnn2)S[C@@H]2[C@@H](Br)C(=O)N2[C@H]1C(=O)OCc1ccc([N+](=O)[O-])cc1. The Morgan fingerprint density at radius 3 is 2.76 bits per heavy atom. The number of rotatable bonds is 6. The van der Waals surface area contributed by atoms with E-state index < -0.39 is 21.7 Å². The summed E-state index contributed by atoms with van der Waals surface area (Å²) >= 11 is 4.91. The van der Waals surface area contributed by atoms with Crippen molar-refractivity contribution < 1.29 is 19.2 Å². The molecule has 4 atom stereocenters. The minimum Gasteiger partial charge on any atom is -0.459 e. The first kappa shape index (κ1) is 19.8. The average molecular weight is 482 g/mol. The van der Waals surface area contributed by atoms with Gasteiger partial charge >= 0.3 is 5.97 Å². The van der Waals surface area contributed by atoms with Gasteiger partial charge in [-0.05, 0) is 24.6 Å². The van der Waals surface area contributed by atoms with Crippen LogP contribution >= 0.6 is 27.7 Å². The number of ether oxygens (including phenoxy) is 1. The third kappa shape index (κ3) is 3.50. The molecule has 0 aliphatic carbocycles. The molecule has 2 saturated heterocycles. The molecular weight excluding hydrogens is 466 g/mol. The van der Waals surface area contributed by atoms with E-state index in [-0.39, 0.29) is 28.4 Å². The maximum Gasteiger partial charge on any atom is 0.330 e. The van der Waals surface area contributed by atoms with Crippen LogP contribution in [0.2, 0.25) is 0 Å². The fourth-order valence-corrected chi connectivity index (χ4v) is 6.03. The van der Waals surface area contributed by atoms with Crippen LogP contribution in [-0.2, 0) is 27.5 Å². The molecule has 152 valence electrons. The van der Waals surface area contributed by atoms with Crippen molar-refractivity contribution in [2.45, 2.75) is 41.1 Å². The molecule has 0 N–H and O–H groups in total. The molecule has 29 heavy (non-hydrogen) atoms. The second kappa shape index (κ2) is 7.41. The monoisotopic (exact) mass is 481 g/mol. The summed E-state index contributed by atoms with van der Waals surface area (Å²) < 4.78 is 6.47. The number of nitro groups is 1. The zero-order chi connectivity index (χ0) is 20.8. The van der Waals surface area contributed by atoms with E-state index in [0.717, 1.165) is 0 Å². The number of nitrogens with zero attached hydrogens (tertiary/aromatic N) is 5. The number of β-lactam (4-membered cyclic amide) rings is 1. The number of amides is 1. The van der Waals surface area contributed by atoms with E-state index in [2.05, 4.69) is 26.2 Å². The minimum atomic E-state index is -0.777. The summed E-state index contributed by atoms with van der Waals surface area (Å²) in [4.78, 5) is 36.8. The Hall–Kier alpha value is -2.47. The number of carbonyl (C=O) groups is 2. The molecule has 2 aliphatic heterocycles. The lowest BCUT2D eigenvalue weighted by atomic mass is 9.96. The van der Waals surface area contributed by atoms with Gasteiger partial charge in [-0.2, -0.15) is 0 Å². The molecule has 1 amide bonds. The first-order valence-corrected chi connectivity index (χ1v) is 10.5. The summed E-state index contributed by atoms with van der Waals surface area (Å²) in [7, 11) is 0. The smallest absolute Gasteiger partial charge is 0.330 e. The number of halogens is 1. The standard InChI is InChI=1S/C17H16BrN5O5S/c1-17(9-21-7-6-19-20-21)13(22-14(24)12(18)15(22)29-17)16(25)28-8-10-2-4-11(5-3-10)23(26)27/h2-7,12-13,15H,8-9H2,1H3/t12-,13-,15+,17-/m0/s1. The second-order valence-electron chi connectivity index (χ2n) is 7.00. The van der Waals surface area contributed by atoms with Crippen molar-refractivity contribution in [3.8, 4) is 0 Å². The van der Waals surface area contributed by atoms with Gasteiger partial charge in [0, 0.05) is 18.3 Å². The molecule has 1 aromatic heterocycles. The van der Waals surface area contributed by atoms with Crippen molar-refractivity contribution in [1.29, 1.82) is 0 Å². The van der Waals surface area contributed by atoms with E-state index >= 15 is 0 Å². The van der Waals surface area contributed by atoms with Gasteiger partial charge in [-0.3, -0.25) is 19.6 Å². The number of non-ortho nitro benzene ring substituents is 1. The van der Waals surface area contributed by atoms with Crippen molar-refractivity contribution in [2.24, 2.45) is 0 Å². The van der Waals surface area contributed by atoms with Gasteiger partial charge in [-0.25, -0.2) is 4.79 Å². The number of nitro benzene ring substituents is 1. The number of benzene rings is 1. The molecule has 2 aromatic rings. The Balaban J connectivity index is 1.50. The second-order valence-corrected chi connectivity index (χ2v) is 9.64. The highest BCUT2D eigenvalue weighted by Gasteiger charge is 2.65. The molecule has 0 radical (unpaired) electrons. The molecule has 3 heterocycles. The summed E-state index contributed by atoms with van der Waals surface area (Å²) in [5.74, 6) is -0.671. The molecular formula is C17H16BrN5O5S. The number of fused-ring (bicyclic) bond motifs is 1. The number of hydrogen-bond acceptors (Lipinski definition) is 8. The molecule has 0 unspecified atom stereocenters. The van der Waals surface area contributed by atoms with Crippen LogP contribution in [0.3, 0.4) is 0 Å². The van der Waals surface area contributed by atoms with Gasteiger partial charge in [-0.15, -0.1) is 16.9 Å². The summed E-state index contributed by atoms with van der Waals surface area (Å²) in [6.45, 7) is 2.25. The van der Waals surface area contributed by atoms with Crippen molar-refractivity contribution in [3.63, 3.8) is 0 Å². The summed E-state index contributed by atoms with van der Waals surface area (Å²) in [5.41, 5.74) is 0.586. The predicted molar refractivity (Wildman–Crippen MR) is 106 cm³/mol. The van der Waals surface area contributed by atoms with Gasteiger partial charge in [0.05, 0.1) is 22.4 Å². The van der Waals surface area contributed by atoms with Crippen LogP contribution in [0.25, 0.3) is 0 Å². The normalized spacial score (nSPS) is 28.0. The highest BCUT2D eigenvalue weighted by atomic mass is 79.9. The Kier molecular flexibility index (Phi) is 5.07. The van der Waals surface area contributed by atoms with Gasteiger partial charge in [-0.1, -0.05) is 21.1 Å². The number of hydrogen-bond donors (Lipinski definition) is 0. The van der Waals surface area contributed by atoms with Crippen LogP contribution in [0.4, 0.5) is 5.69 Å². The quantitative estimate of drug-likeness (QED) is 0.201. The topological polar surface area (TPSA) is 120 Å². The maximum atomic E-state index is 13.0. The van der Waals surface area contributed by atoms with Crippen molar-refractivity contribution in [3.05, 3.63) is 52.3 Å². The first-order valence-electron chi connectivity index (χ1n) is 8.68. The van der Waals surface area contributed by atoms with Crippen molar-refractivity contribution in [2.75, 3.05) is 0 Å². The van der Waals surface area contributed by atoms with Crippen molar-refractivity contribution in [1.82, 2.24) is 19.9 Å². The van der Waals surface area contributed by atoms with Crippen LogP contribution in [0, 0.1) is 10.1 Å². The Morgan fingerprint density at radius 1 is 1.41 bits per heavy atom. The Bertz CT molecular complexity index is 956. The van der Waals surface area contributed by atoms with Crippen LogP contribution in [0.15, 0.2) is 36.7 Å². The third-order valence-electron chi connectivity index (χ3n) is 4.96. The van der Waals surface area contributed by atoms with E-state index in [1.807, 2.05) is 6.92 Å². The Labute approximate surface area is 177 Å². The molecule has 1 aromatic carbocycles. The zero-order valence-corrected chi connectivity index (χ0v) is 17.6. The lowest BCUT2D eigenvalue weighted by Gasteiger charge is -2.41. The molecule has 2 fully saturated rings. The number of thioether (sulfide) groups is 1. The molecule has 4 rings (SSSR count). The minimum absolute atomic E-state index is 0.0370. The zero-order valence-electron chi connectivity index (χ0n) is 15.2. The van der Waals surface area contributed by atoms with Crippen LogP contribution in [0.1, 0.15) is 12.5 Å². The summed E-state index contributed by atoms with van der Waals surface area (Å²) in [6.07, 6.45) is 3.26. The van der Waals surface area contributed by atoms with E-state index in [1.54, 1.807) is 22.0 Å². The van der Waals surface area contributed by atoms with Crippen LogP contribution < -0.4 is 0 Å². The number of alkyl halides is 1. The van der Waals surface area contributed by atoms with E-state index in [1.165, 1.54) is 36.0 Å². The molecule has 0 bridgehead atoms. The largest absolute Gasteiger partial charge is 0.459 e. The molecule has 2 aliphatic rings. The number of esters is 1. The van der Waals surface area contributed by atoms with Gasteiger partial charge in [0.1, 0.15) is 22.8 Å². The maximum absolute atomic E-state index is 13.0. The van der Waals surface area contributed by atoms with Gasteiger partial charge < -0.3 is 9.64 Å². The average Bonchev–Trinajstić information content (AvgIpc) is 3.30. The van der Waals surface area contributed by atoms with Crippen LogP contribution in [0.5, 0.6) is 0 Å². The first-order chi connectivity index (χ1) is 13.8. The predicted octanol–water partition coefficient (Wildman–Crippen LogP) is 1.74. The third-order valence-corrected chi connectivity index (χ3v) is 7.83. The lowest BCUT2D eigenvalue weighted by Crippen LogP contribution is -2.64. The molecule has 12 heteroatoms. The van der Waals surface area contributed by atoms with Gasteiger partial charge in [0.25, 0.3) is 5.69 Å². The highest BCUT2D eigenvalue weighted by Crippen LogP contribution is 2.53. The van der Waals surface area contributed by atoms with E-state index in [0.29, 0.717) is 12.1 Å². The Morgan fingerprint density at radius 2 is 2.14 bits per heavy atom. The van der Waals surface area contributed by atoms with E-state index in [4.69, 9.17) is 4.74 Å². The lowest BCUT2D eigenvalue weighted by molar-refractivity contribution is -0.384. The summed E-state index contributed by atoms with van der Waals surface area (Å²) in [5, 5.41) is 18.4. The fraction of sp³-hybridized carbons (Fsp3) is 0.412. The van der Waals surface area contributed by atoms with Crippen LogP contribution in [-0.4, -0.2) is 57.7 Å². The molecule has 10 nitrogen and oxygen atoms in total. The molecule has 0 spiro atoms. The molecule has 0 saturated carbocycles. The number of carbonyl (C=O) groups excluding carboxylic acids is 2. The van der Waals surface area contributed by atoms with Gasteiger partial charge in [0.2, 0.25) is 5.91 Å². The fourth-order valence-electron chi connectivity index (χ4n) is 3.55. The van der Waals surface area contributed by atoms with Crippen molar-refractivity contribution >= 4 is 45.3 Å². The summed E-state index contributed by atoms with van der Waals surface area (Å²) in [6, 6.07) is 5.01. The van der Waals surface area contributed by atoms with E-state index in [9.17, 15) is 19.7 Å².